The second-order valence-electron chi connectivity index (χ2n) is 4.18. The van der Waals surface area contributed by atoms with Gasteiger partial charge in [-0.25, -0.2) is 13.2 Å². The quantitative estimate of drug-likeness (QED) is 0.899. The summed E-state index contributed by atoms with van der Waals surface area (Å²) in [7, 11) is -4.00. The van der Waals surface area contributed by atoms with Crippen molar-refractivity contribution in [2.75, 3.05) is 4.72 Å². The van der Waals surface area contributed by atoms with Crippen LogP contribution in [-0.2, 0) is 10.0 Å². The molecule has 0 saturated heterocycles. The third kappa shape index (κ3) is 3.04. The standard InChI is InChI=1S/C13H10N2O4S2/c1-8-7-20-11(13(16)17)12(8)21(18,19)15-10-4-2-9(6-14)3-5-10/h2-5,7,15H,1H3,(H,16,17). The molecule has 0 bridgehead atoms. The Morgan fingerprint density at radius 1 is 1.33 bits per heavy atom. The number of hydrogen-bond donors (Lipinski definition) is 2. The molecule has 0 aliphatic rings. The highest BCUT2D eigenvalue weighted by atomic mass is 32.2. The molecule has 1 aromatic heterocycles. The van der Waals surface area contributed by atoms with Gasteiger partial charge in [-0.05, 0) is 42.1 Å². The van der Waals surface area contributed by atoms with Gasteiger partial charge in [0.15, 0.2) is 0 Å². The third-order valence-electron chi connectivity index (χ3n) is 2.65. The van der Waals surface area contributed by atoms with E-state index in [1.165, 1.54) is 36.6 Å². The Morgan fingerprint density at radius 2 is 1.95 bits per heavy atom. The molecule has 0 aliphatic heterocycles. The van der Waals surface area contributed by atoms with Gasteiger partial charge in [0.2, 0.25) is 0 Å². The fourth-order valence-electron chi connectivity index (χ4n) is 1.73. The van der Waals surface area contributed by atoms with Crippen molar-refractivity contribution in [1.29, 1.82) is 5.26 Å². The minimum atomic E-state index is -4.00. The number of carboxylic acid groups (broad SMARTS) is 1. The van der Waals surface area contributed by atoms with Crippen LogP contribution in [0, 0.1) is 18.3 Å². The lowest BCUT2D eigenvalue weighted by Gasteiger charge is -2.09. The van der Waals surface area contributed by atoms with E-state index in [1.54, 1.807) is 0 Å². The fourth-order valence-corrected chi connectivity index (χ4v) is 4.43. The zero-order valence-corrected chi connectivity index (χ0v) is 12.5. The van der Waals surface area contributed by atoms with E-state index in [0.29, 0.717) is 11.1 Å². The molecule has 0 radical (unpaired) electrons. The number of nitrogens with zero attached hydrogens (tertiary/aromatic N) is 1. The molecule has 0 spiro atoms. The van der Waals surface area contributed by atoms with Gasteiger partial charge in [0.25, 0.3) is 10.0 Å². The molecule has 0 aliphatic carbocycles. The molecular formula is C13H10N2O4S2. The lowest BCUT2D eigenvalue weighted by atomic mass is 10.2. The van der Waals surface area contributed by atoms with Crippen LogP contribution in [-0.4, -0.2) is 19.5 Å². The Kier molecular flexibility index (Phi) is 3.97. The molecule has 2 aromatic rings. The first-order valence-corrected chi connectivity index (χ1v) is 8.06. The highest BCUT2D eigenvalue weighted by molar-refractivity contribution is 7.93. The van der Waals surface area contributed by atoms with Gasteiger partial charge in [0, 0.05) is 5.69 Å². The minimum Gasteiger partial charge on any atom is -0.477 e. The van der Waals surface area contributed by atoms with Gasteiger partial charge in [-0.2, -0.15) is 5.26 Å². The van der Waals surface area contributed by atoms with Crippen molar-refractivity contribution >= 4 is 33.0 Å². The monoisotopic (exact) mass is 322 g/mol. The number of nitriles is 1. The van der Waals surface area contributed by atoms with E-state index in [0.717, 1.165) is 11.3 Å². The highest BCUT2D eigenvalue weighted by Crippen LogP contribution is 2.28. The molecule has 0 fully saturated rings. The molecule has 108 valence electrons. The van der Waals surface area contributed by atoms with Gasteiger partial charge in [-0.15, -0.1) is 11.3 Å². The summed E-state index contributed by atoms with van der Waals surface area (Å²) in [5.74, 6) is -1.28. The number of carbonyl (C=O) groups is 1. The molecule has 0 atom stereocenters. The fraction of sp³-hybridized carbons (Fsp3) is 0.0769. The van der Waals surface area contributed by atoms with Crippen molar-refractivity contribution in [3.63, 3.8) is 0 Å². The van der Waals surface area contributed by atoms with Gasteiger partial charge in [0.05, 0.1) is 11.6 Å². The maximum absolute atomic E-state index is 12.3. The number of sulfonamides is 1. The second-order valence-corrected chi connectivity index (χ2v) is 6.68. The Bertz CT molecular complexity index is 830. The summed E-state index contributed by atoms with van der Waals surface area (Å²) in [5.41, 5.74) is 1.03. The maximum atomic E-state index is 12.3. The molecular weight excluding hydrogens is 312 g/mol. The van der Waals surface area contributed by atoms with Crippen molar-refractivity contribution < 1.29 is 18.3 Å². The van der Waals surface area contributed by atoms with Crippen LogP contribution in [0.3, 0.4) is 0 Å². The lowest BCUT2D eigenvalue weighted by molar-refractivity contribution is 0.0698. The average molecular weight is 322 g/mol. The first-order chi connectivity index (χ1) is 9.85. The van der Waals surface area contributed by atoms with E-state index in [4.69, 9.17) is 10.4 Å². The summed E-state index contributed by atoms with van der Waals surface area (Å²) in [6.45, 7) is 1.54. The van der Waals surface area contributed by atoms with E-state index in [-0.39, 0.29) is 15.5 Å². The number of hydrogen-bond acceptors (Lipinski definition) is 5. The average Bonchev–Trinajstić information content (AvgIpc) is 2.82. The van der Waals surface area contributed by atoms with Crippen LogP contribution in [0.25, 0.3) is 0 Å². The van der Waals surface area contributed by atoms with Crippen LogP contribution < -0.4 is 4.72 Å². The number of aromatic carboxylic acids is 1. The first-order valence-electron chi connectivity index (χ1n) is 5.69. The molecule has 8 heteroatoms. The van der Waals surface area contributed by atoms with Crippen LogP contribution in [0.4, 0.5) is 5.69 Å². The summed E-state index contributed by atoms with van der Waals surface area (Å²) < 4.78 is 27.0. The summed E-state index contributed by atoms with van der Waals surface area (Å²) in [4.78, 5) is 10.6. The minimum absolute atomic E-state index is 0.228. The summed E-state index contributed by atoms with van der Waals surface area (Å²) >= 11 is 0.866. The van der Waals surface area contributed by atoms with Crippen molar-refractivity contribution in [3.05, 3.63) is 45.6 Å². The van der Waals surface area contributed by atoms with Gasteiger partial charge < -0.3 is 5.11 Å². The van der Waals surface area contributed by atoms with Crippen molar-refractivity contribution in [1.82, 2.24) is 0 Å². The largest absolute Gasteiger partial charge is 0.477 e. The van der Waals surface area contributed by atoms with Crippen molar-refractivity contribution in [3.8, 4) is 6.07 Å². The van der Waals surface area contributed by atoms with E-state index in [1.807, 2.05) is 6.07 Å². The molecule has 0 unspecified atom stereocenters. The van der Waals surface area contributed by atoms with Crippen molar-refractivity contribution in [2.24, 2.45) is 0 Å². The number of rotatable bonds is 4. The van der Waals surface area contributed by atoms with Crippen LogP contribution in [0.15, 0.2) is 34.5 Å². The van der Waals surface area contributed by atoms with Crippen LogP contribution in [0.1, 0.15) is 20.8 Å². The molecule has 21 heavy (non-hydrogen) atoms. The number of benzene rings is 1. The zero-order valence-electron chi connectivity index (χ0n) is 10.8. The van der Waals surface area contributed by atoms with Crippen LogP contribution in [0.2, 0.25) is 0 Å². The first kappa shape index (κ1) is 15.0. The number of thiophene rings is 1. The molecule has 1 aromatic carbocycles. The number of anilines is 1. The summed E-state index contributed by atoms with van der Waals surface area (Å²) in [6, 6.07) is 7.75. The predicted octanol–water partition coefficient (Wildman–Crippen LogP) is 2.43. The van der Waals surface area contributed by atoms with Gasteiger partial charge >= 0.3 is 5.97 Å². The molecule has 2 N–H and O–H groups in total. The van der Waals surface area contributed by atoms with Gasteiger partial charge in [-0.1, -0.05) is 0 Å². The second kappa shape index (κ2) is 5.55. The smallest absolute Gasteiger partial charge is 0.347 e. The third-order valence-corrected chi connectivity index (χ3v) is 5.43. The predicted molar refractivity (Wildman–Crippen MR) is 78.0 cm³/mol. The van der Waals surface area contributed by atoms with E-state index >= 15 is 0 Å². The number of nitrogens with one attached hydrogen (secondary N) is 1. The van der Waals surface area contributed by atoms with E-state index < -0.39 is 16.0 Å². The Hall–Kier alpha value is -2.37. The van der Waals surface area contributed by atoms with Crippen LogP contribution >= 0.6 is 11.3 Å². The molecule has 0 saturated carbocycles. The molecule has 0 amide bonds. The highest BCUT2D eigenvalue weighted by Gasteiger charge is 2.26. The molecule has 1 heterocycles. The van der Waals surface area contributed by atoms with Gasteiger partial charge in [-0.3, -0.25) is 4.72 Å². The summed E-state index contributed by atoms with van der Waals surface area (Å²) in [6.07, 6.45) is 0. The lowest BCUT2D eigenvalue weighted by Crippen LogP contribution is -2.16. The normalized spacial score (nSPS) is 10.9. The van der Waals surface area contributed by atoms with Crippen LogP contribution in [0.5, 0.6) is 0 Å². The SMILES string of the molecule is Cc1csc(C(=O)O)c1S(=O)(=O)Nc1ccc(C#N)cc1. The van der Waals surface area contributed by atoms with Crippen molar-refractivity contribution in [2.45, 2.75) is 11.8 Å². The van der Waals surface area contributed by atoms with E-state index in [9.17, 15) is 13.2 Å². The molecule has 2 rings (SSSR count). The Balaban J connectivity index is 2.41. The Labute approximate surface area is 125 Å². The zero-order chi connectivity index (χ0) is 15.6. The number of carboxylic acids is 1. The Morgan fingerprint density at radius 3 is 2.48 bits per heavy atom. The summed E-state index contributed by atoms with van der Waals surface area (Å²) in [5, 5.41) is 19.2. The molecule has 6 nitrogen and oxygen atoms in total. The van der Waals surface area contributed by atoms with Gasteiger partial charge in [0.1, 0.15) is 9.77 Å². The number of aryl methyl sites for hydroxylation is 1. The maximum Gasteiger partial charge on any atom is 0.347 e. The van der Waals surface area contributed by atoms with E-state index in [2.05, 4.69) is 4.72 Å². The topological polar surface area (TPSA) is 107 Å².